The molecule has 0 spiro atoms. The highest BCUT2D eigenvalue weighted by Crippen LogP contribution is 2.25. The van der Waals surface area contributed by atoms with Gasteiger partial charge in [-0.25, -0.2) is 4.98 Å². The summed E-state index contributed by atoms with van der Waals surface area (Å²) in [7, 11) is 1.61. The fourth-order valence-corrected chi connectivity index (χ4v) is 2.28. The maximum Gasteiger partial charge on any atom is 0.263 e. The highest BCUT2D eigenvalue weighted by Gasteiger charge is 2.17. The van der Waals surface area contributed by atoms with Gasteiger partial charge in [-0.05, 0) is 20.3 Å². The smallest absolute Gasteiger partial charge is 0.263 e. The molecule has 2 N–H and O–H groups in total. The van der Waals surface area contributed by atoms with Crippen LogP contribution in [0.25, 0.3) is 0 Å². The van der Waals surface area contributed by atoms with Crippen LogP contribution in [0.4, 0.5) is 0 Å². The summed E-state index contributed by atoms with van der Waals surface area (Å²) in [5.74, 6) is -0.136. The number of nitrogens with one attached hydrogen (secondary N) is 1. The standard InChI is InChI=1S/C11H18N2O3S/c1-7-9(10(15)12-5-4-6-14)17-11(13-7)8(2)16-3/h8,14H,4-6H2,1-3H3,(H,12,15). The first-order valence-corrected chi connectivity index (χ1v) is 6.31. The molecular formula is C11H18N2O3S. The molecule has 0 aliphatic rings. The molecule has 1 aromatic rings. The van der Waals surface area contributed by atoms with E-state index in [4.69, 9.17) is 9.84 Å². The third-order valence-electron chi connectivity index (χ3n) is 2.34. The average Bonchev–Trinajstić information content (AvgIpc) is 2.70. The van der Waals surface area contributed by atoms with Crippen molar-refractivity contribution in [2.24, 2.45) is 0 Å². The molecular weight excluding hydrogens is 240 g/mol. The van der Waals surface area contributed by atoms with Crippen LogP contribution < -0.4 is 5.32 Å². The molecule has 17 heavy (non-hydrogen) atoms. The number of aromatic nitrogens is 1. The number of methoxy groups -OCH3 is 1. The summed E-state index contributed by atoms with van der Waals surface area (Å²) in [6, 6.07) is 0. The van der Waals surface area contributed by atoms with Gasteiger partial charge in [0.25, 0.3) is 5.91 Å². The molecule has 0 radical (unpaired) electrons. The van der Waals surface area contributed by atoms with E-state index in [0.29, 0.717) is 17.8 Å². The van der Waals surface area contributed by atoms with Crippen molar-refractivity contribution < 1.29 is 14.6 Å². The Bertz CT molecular complexity index is 379. The molecule has 5 nitrogen and oxygen atoms in total. The fraction of sp³-hybridized carbons (Fsp3) is 0.636. The van der Waals surface area contributed by atoms with Crippen LogP contribution in [-0.2, 0) is 4.74 Å². The van der Waals surface area contributed by atoms with E-state index in [9.17, 15) is 4.79 Å². The predicted molar refractivity (Wildman–Crippen MR) is 66.3 cm³/mol. The van der Waals surface area contributed by atoms with Crippen molar-refractivity contribution >= 4 is 17.2 Å². The predicted octanol–water partition coefficient (Wildman–Crippen LogP) is 1.27. The Labute approximate surface area is 105 Å². The van der Waals surface area contributed by atoms with Crippen LogP contribution >= 0.6 is 11.3 Å². The average molecular weight is 258 g/mol. The molecule has 1 atom stereocenters. The monoisotopic (exact) mass is 258 g/mol. The molecule has 0 bridgehead atoms. The van der Waals surface area contributed by atoms with Crippen LogP contribution in [0.3, 0.4) is 0 Å². The number of thiazole rings is 1. The summed E-state index contributed by atoms with van der Waals surface area (Å²) in [4.78, 5) is 16.7. The number of rotatable bonds is 6. The summed E-state index contributed by atoms with van der Waals surface area (Å²) in [5.41, 5.74) is 0.718. The molecule has 1 rings (SSSR count). The Hall–Kier alpha value is -0.980. The van der Waals surface area contributed by atoms with Crippen LogP contribution in [0.2, 0.25) is 0 Å². The molecule has 0 saturated heterocycles. The SMILES string of the molecule is COC(C)c1nc(C)c(C(=O)NCCCO)s1. The number of nitrogens with zero attached hydrogens (tertiary/aromatic N) is 1. The van der Waals surface area contributed by atoms with Gasteiger partial charge in [-0.2, -0.15) is 0 Å². The minimum atomic E-state index is -0.136. The van der Waals surface area contributed by atoms with Gasteiger partial charge in [0.1, 0.15) is 16.0 Å². The van der Waals surface area contributed by atoms with Gasteiger partial charge in [-0.15, -0.1) is 11.3 Å². The minimum absolute atomic E-state index is 0.0773. The Kier molecular flexibility index (Phi) is 5.54. The summed E-state index contributed by atoms with van der Waals surface area (Å²) in [6.07, 6.45) is 0.461. The highest BCUT2D eigenvalue weighted by molar-refractivity contribution is 7.13. The number of amides is 1. The van der Waals surface area contributed by atoms with E-state index in [1.807, 2.05) is 13.8 Å². The summed E-state index contributed by atoms with van der Waals surface area (Å²) < 4.78 is 5.17. The number of hydrogen-bond donors (Lipinski definition) is 2. The molecule has 1 heterocycles. The molecule has 1 aromatic heterocycles. The molecule has 0 saturated carbocycles. The second-order valence-electron chi connectivity index (χ2n) is 3.68. The van der Waals surface area contributed by atoms with E-state index < -0.39 is 0 Å². The lowest BCUT2D eigenvalue weighted by Gasteiger charge is -2.03. The van der Waals surface area contributed by atoms with Gasteiger partial charge in [0.2, 0.25) is 0 Å². The number of aryl methyl sites for hydroxylation is 1. The summed E-state index contributed by atoms with van der Waals surface area (Å²) in [5, 5.41) is 12.2. The quantitative estimate of drug-likeness (QED) is 0.754. The lowest BCUT2D eigenvalue weighted by atomic mass is 10.3. The zero-order valence-electron chi connectivity index (χ0n) is 10.3. The maximum atomic E-state index is 11.8. The van der Waals surface area contributed by atoms with Crippen molar-refractivity contribution in [1.29, 1.82) is 0 Å². The summed E-state index contributed by atoms with van der Waals surface area (Å²) in [6.45, 7) is 4.25. The molecule has 0 aliphatic carbocycles. The zero-order valence-corrected chi connectivity index (χ0v) is 11.1. The Balaban J connectivity index is 2.70. The molecule has 0 aliphatic heterocycles. The van der Waals surface area contributed by atoms with Crippen LogP contribution in [0.15, 0.2) is 0 Å². The molecule has 0 aromatic carbocycles. The number of carbonyl (C=O) groups is 1. The van der Waals surface area contributed by atoms with Crippen LogP contribution in [0.5, 0.6) is 0 Å². The normalized spacial score (nSPS) is 12.5. The summed E-state index contributed by atoms with van der Waals surface area (Å²) >= 11 is 1.35. The first-order chi connectivity index (χ1) is 8.10. The first-order valence-electron chi connectivity index (χ1n) is 5.49. The third-order valence-corrected chi connectivity index (χ3v) is 3.66. The van der Waals surface area contributed by atoms with Gasteiger partial charge in [-0.3, -0.25) is 4.79 Å². The minimum Gasteiger partial charge on any atom is -0.396 e. The number of carbonyl (C=O) groups excluding carboxylic acids is 1. The fourth-order valence-electron chi connectivity index (χ4n) is 1.26. The number of aliphatic hydroxyl groups is 1. The first kappa shape index (κ1) is 14.1. The lowest BCUT2D eigenvalue weighted by Crippen LogP contribution is -2.24. The third kappa shape index (κ3) is 3.76. The van der Waals surface area contributed by atoms with Crippen molar-refractivity contribution in [3.8, 4) is 0 Å². The largest absolute Gasteiger partial charge is 0.396 e. The van der Waals surface area contributed by atoms with Gasteiger partial charge < -0.3 is 15.2 Å². The van der Waals surface area contributed by atoms with E-state index in [2.05, 4.69) is 10.3 Å². The van der Waals surface area contributed by atoms with Gasteiger partial charge in [-0.1, -0.05) is 0 Å². The molecule has 96 valence electrons. The number of ether oxygens (including phenoxy) is 1. The topological polar surface area (TPSA) is 71.5 Å². The van der Waals surface area contributed by atoms with E-state index in [-0.39, 0.29) is 18.6 Å². The Morgan fingerprint density at radius 2 is 2.35 bits per heavy atom. The van der Waals surface area contributed by atoms with E-state index in [1.165, 1.54) is 11.3 Å². The molecule has 6 heteroatoms. The van der Waals surface area contributed by atoms with E-state index in [0.717, 1.165) is 10.7 Å². The second kappa shape index (κ2) is 6.68. The van der Waals surface area contributed by atoms with Gasteiger partial charge in [0.15, 0.2) is 0 Å². The van der Waals surface area contributed by atoms with Crippen molar-refractivity contribution in [2.75, 3.05) is 20.3 Å². The Morgan fingerprint density at radius 3 is 2.94 bits per heavy atom. The van der Waals surface area contributed by atoms with Crippen LogP contribution in [-0.4, -0.2) is 36.3 Å². The second-order valence-corrected chi connectivity index (χ2v) is 4.71. The maximum absolute atomic E-state index is 11.8. The Morgan fingerprint density at radius 1 is 1.65 bits per heavy atom. The van der Waals surface area contributed by atoms with E-state index >= 15 is 0 Å². The van der Waals surface area contributed by atoms with Gasteiger partial charge in [0, 0.05) is 20.3 Å². The van der Waals surface area contributed by atoms with Gasteiger partial charge in [0.05, 0.1) is 5.69 Å². The number of hydrogen-bond acceptors (Lipinski definition) is 5. The van der Waals surface area contributed by atoms with E-state index in [1.54, 1.807) is 7.11 Å². The van der Waals surface area contributed by atoms with Gasteiger partial charge >= 0.3 is 0 Å². The van der Waals surface area contributed by atoms with Crippen LogP contribution in [0.1, 0.15) is 39.8 Å². The lowest BCUT2D eigenvalue weighted by molar-refractivity contribution is 0.0954. The molecule has 1 unspecified atom stereocenters. The zero-order chi connectivity index (χ0) is 12.8. The van der Waals surface area contributed by atoms with Crippen molar-refractivity contribution in [2.45, 2.75) is 26.4 Å². The van der Waals surface area contributed by atoms with Crippen LogP contribution in [0, 0.1) is 6.92 Å². The van der Waals surface area contributed by atoms with Crippen molar-refractivity contribution in [3.05, 3.63) is 15.6 Å². The molecule has 1 amide bonds. The molecule has 0 fully saturated rings. The van der Waals surface area contributed by atoms with Crippen molar-refractivity contribution in [1.82, 2.24) is 10.3 Å². The van der Waals surface area contributed by atoms with Crippen molar-refractivity contribution in [3.63, 3.8) is 0 Å². The number of aliphatic hydroxyl groups excluding tert-OH is 1. The highest BCUT2D eigenvalue weighted by atomic mass is 32.1.